The second-order valence-corrected chi connectivity index (χ2v) is 7.89. The number of para-hydroxylation sites is 1. The predicted octanol–water partition coefficient (Wildman–Crippen LogP) is 0.274. The monoisotopic (exact) mass is 445 g/mol. The largest absolute Gasteiger partial charge is 0.480 e. The highest BCUT2D eigenvalue weighted by Crippen LogP contribution is 2.19. The van der Waals surface area contributed by atoms with E-state index in [2.05, 4.69) is 20.9 Å². The Morgan fingerprint density at radius 2 is 1.78 bits per heavy atom. The highest BCUT2D eigenvalue weighted by molar-refractivity contribution is 5.93. The van der Waals surface area contributed by atoms with Gasteiger partial charge in [-0.2, -0.15) is 0 Å². The second kappa shape index (κ2) is 11.3. The minimum Gasteiger partial charge on any atom is -0.480 e. The van der Waals surface area contributed by atoms with Gasteiger partial charge in [-0.1, -0.05) is 38.5 Å². The Kier molecular flexibility index (Phi) is 8.77. The Labute approximate surface area is 186 Å². The van der Waals surface area contributed by atoms with E-state index < -0.39 is 48.4 Å². The molecule has 32 heavy (non-hydrogen) atoms. The van der Waals surface area contributed by atoms with Gasteiger partial charge in [0.25, 0.3) is 0 Å². The lowest BCUT2D eigenvalue weighted by atomic mass is 9.97. The maximum atomic E-state index is 12.7. The lowest BCUT2D eigenvalue weighted by molar-refractivity contribution is -0.141. The van der Waals surface area contributed by atoms with Gasteiger partial charge < -0.3 is 31.8 Å². The summed E-state index contributed by atoms with van der Waals surface area (Å²) < 4.78 is 0. The molecule has 0 spiro atoms. The normalized spacial score (nSPS) is 14.8. The Morgan fingerprint density at radius 1 is 1.09 bits per heavy atom. The van der Waals surface area contributed by atoms with Crippen LogP contribution in [0.5, 0.6) is 0 Å². The number of H-pyrrole nitrogens is 1. The summed E-state index contributed by atoms with van der Waals surface area (Å²) in [4.78, 5) is 51.2. The maximum Gasteiger partial charge on any atom is 0.325 e. The SMILES string of the molecule is CCC(C)C(NC(=O)C(N)Cc1c[nH]c2ccccc12)C(=O)NCC(=O)NC(C)C(=O)O. The van der Waals surface area contributed by atoms with Crippen LogP contribution in [-0.2, 0) is 25.6 Å². The average Bonchev–Trinajstić information content (AvgIpc) is 3.17. The lowest BCUT2D eigenvalue weighted by Crippen LogP contribution is -2.55. The van der Waals surface area contributed by atoms with Crippen molar-refractivity contribution in [3.05, 3.63) is 36.0 Å². The molecule has 1 aromatic carbocycles. The standard InChI is InChI=1S/C22H31N5O5/c1-4-12(2)19(21(30)25-11-18(28)26-13(3)22(31)32)27-20(29)16(23)9-14-10-24-17-8-6-5-7-15(14)17/h5-8,10,12-13,16,19,24H,4,9,11,23H2,1-3H3,(H,25,30)(H,26,28)(H,27,29)(H,31,32). The van der Waals surface area contributed by atoms with Crippen LogP contribution in [-0.4, -0.2) is 58.5 Å². The number of fused-ring (bicyclic) bond motifs is 1. The molecule has 0 bridgehead atoms. The van der Waals surface area contributed by atoms with Gasteiger partial charge in [-0.05, 0) is 30.9 Å². The fraction of sp³-hybridized carbons (Fsp3) is 0.455. The molecule has 0 saturated carbocycles. The minimum absolute atomic E-state index is 0.208. The van der Waals surface area contributed by atoms with E-state index in [4.69, 9.17) is 10.8 Å². The Morgan fingerprint density at radius 3 is 2.44 bits per heavy atom. The van der Waals surface area contributed by atoms with Crippen LogP contribution in [0.3, 0.4) is 0 Å². The number of aromatic amines is 1. The molecule has 0 aliphatic heterocycles. The van der Waals surface area contributed by atoms with Crippen LogP contribution in [0.25, 0.3) is 10.9 Å². The third-order valence-electron chi connectivity index (χ3n) is 5.42. The van der Waals surface area contributed by atoms with Gasteiger partial charge in [0.2, 0.25) is 17.7 Å². The first-order chi connectivity index (χ1) is 15.1. The summed E-state index contributed by atoms with van der Waals surface area (Å²) in [5.74, 6) is -3.04. The van der Waals surface area contributed by atoms with Gasteiger partial charge in [-0.3, -0.25) is 19.2 Å². The molecule has 2 aromatic rings. The summed E-state index contributed by atoms with van der Waals surface area (Å²) in [6.07, 6.45) is 2.71. The number of amides is 3. The first-order valence-corrected chi connectivity index (χ1v) is 10.5. The fourth-order valence-corrected chi connectivity index (χ4v) is 3.22. The Balaban J connectivity index is 1.97. The van der Waals surface area contributed by atoms with E-state index >= 15 is 0 Å². The molecular weight excluding hydrogens is 414 g/mol. The van der Waals surface area contributed by atoms with Gasteiger partial charge >= 0.3 is 5.97 Å². The maximum absolute atomic E-state index is 12.7. The minimum atomic E-state index is -1.18. The molecule has 4 unspecified atom stereocenters. The Hall–Kier alpha value is -3.40. The van der Waals surface area contributed by atoms with Crippen molar-refractivity contribution in [2.45, 2.75) is 51.7 Å². The zero-order chi connectivity index (χ0) is 23.8. The molecule has 0 fully saturated rings. The molecule has 0 aliphatic carbocycles. The Bertz CT molecular complexity index is 973. The number of nitrogens with one attached hydrogen (secondary N) is 4. The number of hydrogen-bond acceptors (Lipinski definition) is 5. The molecule has 4 atom stereocenters. The van der Waals surface area contributed by atoms with Crippen molar-refractivity contribution < 1.29 is 24.3 Å². The van der Waals surface area contributed by atoms with Gasteiger partial charge in [-0.15, -0.1) is 0 Å². The van der Waals surface area contributed by atoms with Crippen molar-refractivity contribution in [1.82, 2.24) is 20.9 Å². The summed E-state index contributed by atoms with van der Waals surface area (Å²) in [7, 11) is 0. The molecule has 0 saturated heterocycles. The van der Waals surface area contributed by atoms with Gasteiger partial charge in [0.05, 0.1) is 12.6 Å². The molecule has 0 radical (unpaired) electrons. The number of carbonyl (C=O) groups excluding carboxylic acids is 3. The van der Waals surface area contributed by atoms with Crippen molar-refractivity contribution in [1.29, 1.82) is 0 Å². The predicted molar refractivity (Wildman–Crippen MR) is 120 cm³/mol. The van der Waals surface area contributed by atoms with Gasteiger partial charge in [0.1, 0.15) is 12.1 Å². The lowest BCUT2D eigenvalue weighted by Gasteiger charge is -2.25. The van der Waals surface area contributed by atoms with Gasteiger partial charge in [0, 0.05) is 17.1 Å². The number of aromatic nitrogens is 1. The molecule has 174 valence electrons. The van der Waals surface area contributed by atoms with Crippen molar-refractivity contribution in [2.75, 3.05) is 6.54 Å². The first kappa shape index (κ1) is 24.9. The topological polar surface area (TPSA) is 166 Å². The number of aliphatic carboxylic acids is 1. The highest BCUT2D eigenvalue weighted by Gasteiger charge is 2.28. The second-order valence-electron chi connectivity index (χ2n) is 7.89. The number of carboxylic acids is 1. The summed E-state index contributed by atoms with van der Waals surface area (Å²) in [5, 5.41) is 17.2. The smallest absolute Gasteiger partial charge is 0.325 e. The van der Waals surface area contributed by atoms with Crippen LogP contribution < -0.4 is 21.7 Å². The zero-order valence-corrected chi connectivity index (χ0v) is 18.5. The third-order valence-corrected chi connectivity index (χ3v) is 5.42. The van der Waals surface area contributed by atoms with E-state index in [1.54, 1.807) is 0 Å². The van der Waals surface area contributed by atoms with Crippen molar-refractivity contribution in [2.24, 2.45) is 11.7 Å². The number of hydrogen-bond donors (Lipinski definition) is 6. The number of carbonyl (C=O) groups is 4. The van der Waals surface area contributed by atoms with E-state index in [0.717, 1.165) is 16.5 Å². The average molecular weight is 446 g/mol. The van der Waals surface area contributed by atoms with E-state index in [1.807, 2.05) is 44.3 Å². The molecule has 0 aliphatic rings. The molecule has 2 rings (SSSR count). The summed E-state index contributed by atoms with van der Waals surface area (Å²) in [6, 6.07) is 4.86. The van der Waals surface area contributed by atoms with Crippen LogP contribution in [0.1, 0.15) is 32.8 Å². The number of benzene rings is 1. The quantitative estimate of drug-likeness (QED) is 0.290. The number of rotatable bonds is 11. The van der Waals surface area contributed by atoms with E-state index in [9.17, 15) is 19.2 Å². The van der Waals surface area contributed by atoms with E-state index in [0.29, 0.717) is 12.8 Å². The highest BCUT2D eigenvalue weighted by atomic mass is 16.4. The molecular formula is C22H31N5O5. The van der Waals surface area contributed by atoms with Crippen LogP contribution >= 0.6 is 0 Å². The van der Waals surface area contributed by atoms with Crippen molar-refractivity contribution >= 4 is 34.6 Å². The first-order valence-electron chi connectivity index (χ1n) is 10.5. The summed E-state index contributed by atoms with van der Waals surface area (Å²) in [6.45, 7) is 4.60. The van der Waals surface area contributed by atoms with E-state index in [1.165, 1.54) is 6.92 Å². The van der Waals surface area contributed by atoms with E-state index in [-0.39, 0.29) is 5.92 Å². The summed E-state index contributed by atoms with van der Waals surface area (Å²) in [5.41, 5.74) is 7.96. The zero-order valence-electron chi connectivity index (χ0n) is 18.5. The van der Waals surface area contributed by atoms with Crippen LogP contribution in [0.15, 0.2) is 30.5 Å². The fourth-order valence-electron chi connectivity index (χ4n) is 3.22. The van der Waals surface area contributed by atoms with Crippen LogP contribution in [0, 0.1) is 5.92 Å². The van der Waals surface area contributed by atoms with Gasteiger partial charge in [-0.25, -0.2) is 0 Å². The third kappa shape index (κ3) is 6.55. The molecule has 7 N–H and O–H groups in total. The molecule has 3 amide bonds. The number of carboxylic acid groups (broad SMARTS) is 1. The molecule has 1 heterocycles. The van der Waals surface area contributed by atoms with Crippen LogP contribution in [0.4, 0.5) is 0 Å². The molecule has 1 aromatic heterocycles. The van der Waals surface area contributed by atoms with Gasteiger partial charge in [0.15, 0.2) is 0 Å². The van der Waals surface area contributed by atoms with Crippen molar-refractivity contribution in [3.8, 4) is 0 Å². The molecule has 10 heteroatoms. The molecule has 10 nitrogen and oxygen atoms in total. The van der Waals surface area contributed by atoms with Crippen molar-refractivity contribution in [3.63, 3.8) is 0 Å². The van der Waals surface area contributed by atoms with Crippen LogP contribution in [0.2, 0.25) is 0 Å². The summed E-state index contributed by atoms with van der Waals surface area (Å²) >= 11 is 0. The number of nitrogens with two attached hydrogens (primary N) is 1.